The topological polar surface area (TPSA) is 12.5 Å². The Labute approximate surface area is 125 Å². The highest BCUT2D eigenvalue weighted by Crippen LogP contribution is 2.22. The maximum atomic E-state index is 5.88. The molecule has 1 aliphatic heterocycles. The minimum Gasteiger partial charge on any atom is -0.372 e. The van der Waals surface area contributed by atoms with E-state index < -0.39 is 0 Å². The van der Waals surface area contributed by atoms with Crippen molar-refractivity contribution in [3.63, 3.8) is 0 Å². The van der Waals surface area contributed by atoms with Gasteiger partial charge in [0.15, 0.2) is 0 Å². The minimum atomic E-state index is 0.376. The number of morpholine rings is 1. The Morgan fingerprint density at radius 1 is 0.850 bits per heavy atom. The molecule has 2 rings (SSSR count). The molecule has 0 aromatic heterocycles. The summed E-state index contributed by atoms with van der Waals surface area (Å²) in [4.78, 5) is 2.60. The average Bonchev–Trinajstić information content (AvgIpc) is 2.38. The molecule has 0 saturated carbocycles. The van der Waals surface area contributed by atoms with Crippen molar-refractivity contribution in [3.8, 4) is 0 Å². The molecule has 0 spiro atoms. The van der Waals surface area contributed by atoms with Gasteiger partial charge in [-0.3, -0.25) is 0 Å². The molecule has 2 heteroatoms. The Morgan fingerprint density at radius 3 is 2.05 bits per heavy atom. The zero-order valence-electron chi connectivity index (χ0n) is 13.6. The number of ether oxygens (including phenoxy) is 1. The van der Waals surface area contributed by atoms with Crippen molar-refractivity contribution in [1.29, 1.82) is 0 Å². The van der Waals surface area contributed by atoms with Gasteiger partial charge in [-0.15, -0.1) is 0 Å². The molecule has 0 bridgehead atoms. The molecule has 0 aromatic carbocycles. The lowest BCUT2D eigenvalue weighted by Crippen LogP contribution is -2.44. The molecular formula is C18H33NO. The normalized spacial score (nSPS) is 33.7. The third kappa shape index (κ3) is 5.47. The largest absolute Gasteiger partial charge is 0.372 e. The van der Waals surface area contributed by atoms with Crippen molar-refractivity contribution in [2.45, 2.75) is 90.3 Å². The van der Waals surface area contributed by atoms with Crippen molar-refractivity contribution >= 4 is 0 Å². The molecule has 1 saturated heterocycles. The fourth-order valence-electron chi connectivity index (χ4n) is 3.58. The predicted molar refractivity (Wildman–Crippen MR) is 85.8 cm³/mol. The van der Waals surface area contributed by atoms with E-state index >= 15 is 0 Å². The number of hydrogen-bond acceptors (Lipinski definition) is 2. The van der Waals surface area contributed by atoms with Gasteiger partial charge in [0.05, 0.1) is 12.2 Å². The van der Waals surface area contributed by atoms with E-state index in [2.05, 4.69) is 24.8 Å². The summed E-state index contributed by atoms with van der Waals surface area (Å²) >= 11 is 0. The molecule has 0 radical (unpaired) electrons. The lowest BCUT2D eigenvalue weighted by atomic mass is 10.0. The Balaban J connectivity index is 1.93. The summed E-state index contributed by atoms with van der Waals surface area (Å²) < 4.78 is 5.88. The van der Waals surface area contributed by atoms with Gasteiger partial charge in [-0.25, -0.2) is 0 Å². The van der Waals surface area contributed by atoms with Gasteiger partial charge in [0, 0.05) is 18.8 Å². The maximum Gasteiger partial charge on any atom is 0.0726 e. The number of nitrogens with zero attached hydrogens (tertiary/aromatic N) is 1. The summed E-state index contributed by atoms with van der Waals surface area (Å²) in [5.41, 5.74) is 1.60. The first kappa shape index (κ1) is 15.9. The summed E-state index contributed by atoms with van der Waals surface area (Å²) in [6.45, 7) is 6.57. The van der Waals surface area contributed by atoms with Gasteiger partial charge in [0.1, 0.15) is 0 Å². The van der Waals surface area contributed by atoms with Crippen molar-refractivity contribution in [2.75, 3.05) is 13.1 Å². The van der Waals surface area contributed by atoms with E-state index in [-0.39, 0.29) is 0 Å². The van der Waals surface area contributed by atoms with Crippen LogP contribution in [0.2, 0.25) is 0 Å². The second kappa shape index (κ2) is 8.71. The molecule has 1 heterocycles. The third-order valence-corrected chi connectivity index (χ3v) is 4.59. The van der Waals surface area contributed by atoms with Crippen LogP contribution < -0.4 is 0 Å². The number of rotatable bonds is 1. The predicted octanol–water partition coefficient (Wildman–Crippen LogP) is 4.89. The molecule has 0 amide bonds. The lowest BCUT2D eigenvalue weighted by Gasteiger charge is -2.38. The first-order valence-corrected chi connectivity index (χ1v) is 8.85. The Bertz CT molecular complexity index is 290. The van der Waals surface area contributed by atoms with E-state index in [9.17, 15) is 0 Å². The molecule has 2 aliphatic rings. The highest BCUT2D eigenvalue weighted by Gasteiger charge is 2.23. The quantitative estimate of drug-likeness (QED) is 0.677. The summed E-state index contributed by atoms with van der Waals surface area (Å²) in [7, 11) is 0. The average molecular weight is 279 g/mol. The summed E-state index contributed by atoms with van der Waals surface area (Å²) in [5, 5.41) is 0. The Morgan fingerprint density at radius 2 is 1.40 bits per heavy atom. The first-order valence-electron chi connectivity index (χ1n) is 8.85. The van der Waals surface area contributed by atoms with Crippen LogP contribution in [0.3, 0.4) is 0 Å². The van der Waals surface area contributed by atoms with Crippen molar-refractivity contribution in [2.24, 2.45) is 0 Å². The summed E-state index contributed by atoms with van der Waals surface area (Å²) in [6, 6.07) is 0. The van der Waals surface area contributed by atoms with E-state index in [0.29, 0.717) is 12.2 Å². The van der Waals surface area contributed by atoms with Crippen molar-refractivity contribution in [1.82, 2.24) is 4.90 Å². The van der Waals surface area contributed by atoms with Gasteiger partial charge in [0.2, 0.25) is 0 Å². The van der Waals surface area contributed by atoms with E-state index in [1.165, 1.54) is 64.2 Å². The van der Waals surface area contributed by atoms with E-state index in [4.69, 9.17) is 4.74 Å². The van der Waals surface area contributed by atoms with Crippen LogP contribution in [0.4, 0.5) is 0 Å². The molecule has 1 aliphatic carbocycles. The summed E-state index contributed by atoms with van der Waals surface area (Å²) in [6.07, 6.45) is 17.2. The minimum absolute atomic E-state index is 0.376. The van der Waals surface area contributed by atoms with Crippen LogP contribution in [0.15, 0.2) is 11.8 Å². The molecule has 2 atom stereocenters. The molecule has 1 fully saturated rings. The zero-order chi connectivity index (χ0) is 14.2. The van der Waals surface area contributed by atoms with Gasteiger partial charge >= 0.3 is 0 Å². The second-order valence-corrected chi connectivity index (χ2v) is 6.72. The van der Waals surface area contributed by atoms with E-state index in [0.717, 1.165) is 13.1 Å². The monoisotopic (exact) mass is 279 g/mol. The van der Waals surface area contributed by atoms with Crippen LogP contribution in [-0.4, -0.2) is 30.2 Å². The standard InChI is InChI=1S/C18H33NO/c1-16-14-19(15-17(2)20-16)18-12-10-8-6-4-3-5-7-9-11-13-18/h12,16-17H,3-11,13-15H2,1-2H3/b18-12+/t16-,17-/m1/s1. The first-order chi connectivity index (χ1) is 9.75. The van der Waals surface area contributed by atoms with Crippen LogP contribution in [0, 0.1) is 0 Å². The van der Waals surface area contributed by atoms with Crippen LogP contribution in [0.1, 0.15) is 78.1 Å². The Kier molecular flexibility index (Phi) is 6.92. The lowest BCUT2D eigenvalue weighted by molar-refractivity contribution is -0.0588. The van der Waals surface area contributed by atoms with Crippen molar-refractivity contribution in [3.05, 3.63) is 11.8 Å². The van der Waals surface area contributed by atoms with Gasteiger partial charge in [-0.05, 0) is 39.5 Å². The molecular weight excluding hydrogens is 246 g/mol. The third-order valence-electron chi connectivity index (χ3n) is 4.59. The highest BCUT2D eigenvalue weighted by molar-refractivity contribution is 5.03. The number of allylic oxidation sites excluding steroid dienone is 2. The van der Waals surface area contributed by atoms with Gasteiger partial charge in [-0.1, -0.05) is 44.6 Å². The fourth-order valence-corrected chi connectivity index (χ4v) is 3.58. The molecule has 20 heavy (non-hydrogen) atoms. The maximum absolute atomic E-state index is 5.88. The fraction of sp³-hybridized carbons (Fsp3) is 0.889. The SMILES string of the molecule is C[C@@H]1CN(/C2=C/CCCCCCCCCC2)C[C@@H](C)O1. The molecule has 0 N–H and O–H groups in total. The van der Waals surface area contributed by atoms with Gasteiger partial charge < -0.3 is 9.64 Å². The molecule has 2 nitrogen and oxygen atoms in total. The second-order valence-electron chi connectivity index (χ2n) is 6.72. The molecule has 0 unspecified atom stereocenters. The van der Waals surface area contributed by atoms with Gasteiger partial charge in [0.25, 0.3) is 0 Å². The van der Waals surface area contributed by atoms with Crippen molar-refractivity contribution < 1.29 is 4.74 Å². The van der Waals surface area contributed by atoms with Gasteiger partial charge in [-0.2, -0.15) is 0 Å². The van der Waals surface area contributed by atoms with Crippen LogP contribution in [0.25, 0.3) is 0 Å². The highest BCUT2D eigenvalue weighted by atomic mass is 16.5. The zero-order valence-corrected chi connectivity index (χ0v) is 13.6. The van der Waals surface area contributed by atoms with Crippen LogP contribution >= 0.6 is 0 Å². The Hall–Kier alpha value is -0.500. The van der Waals surface area contributed by atoms with E-state index in [1.807, 2.05) is 0 Å². The molecule has 0 aromatic rings. The van der Waals surface area contributed by atoms with Crippen LogP contribution in [-0.2, 0) is 4.74 Å². The molecule has 116 valence electrons. The summed E-state index contributed by atoms with van der Waals surface area (Å²) in [5.74, 6) is 0. The van der Waals surface area contributed by atoms with Crippen LogP contribution in [0.5, 0.6) is 0 Å². The number of hydrogen-bond donors (Lipinski definition) is 0. The van der Waals surface area contributed by atoms with E-state index in [1.54, 1.807) is 5.70 Å². The smallest absolute Gasteiger partial charge is 0.0726 e.